The molecule has 3 heterocycles. The number of anilines is 1. The smallest absolute Gasteiger partial charge is 0.207 e. The maximum absolute atomic E-state index is 10.6. The van der Waals surface area contributed by atoms with Crippen molar-refractivity contribution in [2.24, 2.45) is 0 Å². The van der Waals surface area contributed by atoms with Gasteiger partial charge in [0.05, 0.1) is 6.54 Å². The molecule has 0 saturated heterocycles. The van der Waals surface area contributed by atoms with Crippen molar-refractivity contribution in [3.63, 3.8) is 0 Å². The second-order valence-corrected chi connectivity index (χ2v) is 10.8. The van der Waals surface area contributed by atoms with Crippen molar-refractivity contribution in [3.05, 3.63) is 132 Å². The fourth-order valence-corrected chi connectivity index (χ4v) is 5.10. The van der Waals surface area contributed by atoms with Crippen LogP contribution in [0.15, 0.2) is 110 Å². The summed E-state index contributed by atoms with van der Waals surface area (Å²) in [5, 5.41) is 22.0. The second-order valence-electron chi connectivity index (χ2n) is 10.8. The van der Waals surface area contributed by atoms with Gasteiger partial charge in [0, 0.05) is 58.2 Å². The summed E-state index contributed by atoms with van der Waals surface area (Å²) in [5.41, 5.74) is 7.90. The zero-order valence-electron chi connectivity index (χ0n) is 26.8. The number of amidine groups is 2. The minimum absolute atomic E-state index is 0.0779. The van der Waals surface area contributed by atoms with Crippen LogP contribution in [0, 0.1) is 17.7 Å². The lowest BCUT2D eigenvalue weighted by Crippen LogP contribution is -2.41. The van der Waals surface area contributed by atoms with E-state index in [9.17, 15) is 4.79 Å². The predicted octanol–water partition coefficient (Wildman–Crippen LogP) is 7.99. The molecule has 1 amide bonds. The molecule has 5 N–H and O–H groups in total. The van der Waals surface area contributed by atoms with Crippen LogP contribution in [-0.2, 0) is 24.1 Å². The van der Waals surface area contributed by atoms with Gasteiger partial charge in [-0.3, -0.25) is 25.5 Å². The minimum Gasteiger partial charge on any atom is -0.361 e. The molecule has 8 nitrogen and oxygen atoms in total. The number of para-hydroxylation sites is 2. The summed E-state index contributed by atoms with van der Waals surface area (Å²) in [6.07, 6.45) is 9.55. The molecule has 3 aromatic carbocycles. The van der Waals surface area contributed by atoms with Crippen LogP contribution in [0.4, 0.5) is 5.69 Å². The third-order valence-corrected chi connectivity index (χ3v) is 7.69. The molecule has 0 atom stereocenters. The lowest BCUT2D eigenvalue weighted by atomic mass is 10.1. The highest BCUT2D eigenvalue weighted by Gasteiger charge is 2.18. The number of H-pyrrole nitrogens is 2. The predicted molar refractivity (Wildman–Crippen MR) is 191 cm³/mol. The van der Waals surface area contributed by atoms with Crippen LogP contribution in [0.5, 0.6) is 0 Å². The molecule has 0 saturated carbocycles. The Labute approximate surface area is 270 Å². The summed E-state index contributed by atoms with van der Waals surface area (Å²) in [6, 6.07) is 30.3. The first-order valence-corrected chi connectivity index (χ1v) is 15.6. The zero-order valence-corrected chi connectivity index (χ0v) is 26.8. The van der Waals surface area contributed by atoms with Gasteiger partial charge in [-0.1, -0.05) is 68.4 Å². The highest BCUT2D eigenvalue weighted by molar-refractivity contribution is 6.17. The van der Waals surface area contributed by atoms with E-state index < -0.39 is 0 Å². The Morgan fingerprint density at radius 1 is 0.804 bits per heavy atom. The number of rotatable bonds is 9. The number of benzene rings is 3. The van der Waals surface area contributed by atoms with E-state index in [1.807, 2.05) is 85.3 Å². The molecular weight excluding hydrogens is 570 g/mol. The molecule has 0 radical (unpaired) electrons. The van der Waals surface area contributed by atoms with Crippen LogP contribution < -0.4 is 10.2 Å². The average Bonchev–Trinajstić information content (AvgIpc) is 3.71. The number of carbonyl (C=O) groups excluding carboxylic acids is 1. The number of nitrogens with zero attached hydrogens (tertiary/aromatic N) is 2. The van der Waals surface area contributed by atoms with E-state index in [1.165, 1.54) is 22.0 Å². The Balaban J connectivity index is 0.000000214. The summed E-state index contributed by atoms with van der Waals surface area (Å²) < 4.78 is 0. The van der Waals surface area contributed by atoms with Gasteiger partial charge in [-0.05, 0) is 79.3 Å². The second kappa shape index (κ2) is 17.1. The van der Waals surface area contributed by atoms with Gasteiger partial charge in [-0.15, -0.1) is 0 Å². The van der Waals surface area contributed by atoms with Crippen molar-refractivity contribution in [1.82, 2.24) is 20.3 Å². The number of amides is 1. The summed E-state index contributed by atoms with van der Waals surface area (Å²) in [7, 11) is 0. The standard InChI is InChI=1S/C22H25N5O.C9H9N.C7H9N/c1-2-16-7-10-18(11-8-16)27(22(24)14-25-15-28)21(23)12-9-17-13-26-20-6-4-3-5-19(17)20;1-7-6-10-9-5-3-2-4-8(7)9;1-2-7-5-3-4-6-8-7/h3-8,10-11,13,15,23-24,26H,2,9,12,14H2,1H3,(H,25,28);2-6,10H,1H3;3-6H,2H2,1H3. The van der Waals surface area contributed by atoms with Crippen molar-refractivity contribution < 1.29 is 4.79 Å². The molecule has 0 unspecified atom stereocenters. The Morgan fingerprint density at radius 3 is 2.07 bits per heavy atom. The number of nitrogens with one attached hydrogen (secondary N) is 5. The van der Waals surface area contributed by atoms with E-state index in [4.69, 9.17) is 10.8 Å². The molecule has 0 fully saturated rings. The Hall–Kier alpha value is -5.50. The first kappa shape index (κ1) is 33.4. The van der Waals surface area contributed by atoms with Crippen LogP contribution in [0.3, 0.4) is 0 Å². The van der Waals surface area contributed by atoms with Crippen LogP contribution >= 0.6 is 0 Å². The van der Waals surface area contributed by atoms with Gasteiger partial charge in [0.15, 0.2) is 0 Å². The number of aryl methyl sites for hydroxylation is 4. The number of hydrogen-bond acceptors (Lipinski definition) is 4. The highest BCUT2D eigenvalue weighted by atomic mass is 16.1. The van der Waals surface area contributed by atoms with E-state index in [-0.39, 0.29) is 12.4 Å². The maximum atomic E-state index is 10.6. The van der Waals surface area contributed by atoms with E-state index in [1.54, 1.807) is 4.90 Å². The van der Waals surface area contributed by atoms with Crippen LogP contribution in [0.25, 0.3) is 21.8 Å². The topological polar surface area (TPSA) is 125 Å². The van der Waals surface area contributed by atoms with Gasteiger partial charge < -0.3 is 15.3 Å². The van der Waals surface area contributed by atoms with Gasteiger partial charge in [-0.2, -0.15) is 0 Å². The van der Waals surface area contributed by atoms with Crippen LogP contribution in [0.1, 0.15) is 42.7 Å². The molecule has 46 heavy (non-hydrogen) atoms. The van der Waals surface area contributed by atoms with E-state index in [0.29, 0.717) is 25.1 Å². The van der Waals surface area contributed by atoms with Crippen molar-refractivity contribution in [3.8, 4) is 0 Å². The third kappa shape index (κ3) is 9.01. The largest absolute Gasteiger partial charge is 0.361 e. The fourth-order valence-electron chi connectivity index (χ4n) is 5.10. The van der Waals surface area contributed by atoms with Crippen LogP contribution in [0.2, 0.25) is 0 Å². The number of aromatic amines is 2. The molecule has 236 valence electrons. The Bertz CT molecular complexity index is 1840. The van der Waals surface area contributed by atoms with Crippen molar-refractivity contribution in [2.75, 3.05) is 11.4 Å². The zero-order chi connectivity index (χ0) is 32.7. The first-order valence-electron chi connectivity index (χ1n) is 15.6. The number of hydrogen-bond donors (Lipinski definition) is 5. The monoisotopic (exact) mass is 613 g/mol. The third-order valence-electron chi connectivity index (χ3n) is 7.69. The summed E-state index contributed by atoms with van der Waals surface area (Å²) in [6.45, 7) is 6.38. The van der Waals surface area contributed by atoms with Gasteiger partial charge in [-0.25, -0.2) is 0 Å². The molecule has 8 heteroatoms. The van der Waals surface area contributed by atoms with Gasteiger partial charge in [0.2, 0.25) is 6.41 Å². The van der Waals surface area contributed by atoms with E-state index in [2.05, 4.69) is 65.3 Å². The quantitative estimate of drug-likeness (QED) is 0.0645. The molecule has 6 aromatic rings. The molecule has 6 rings (SSSR count). The van der Waals surface area contributed by atoms with Crippen molar-refractivity contribution >= 4 is 45.6 Å². The number of fused-ring (bicyclic) bond motifs is 2. The summed E-state index contributed by atoms with van der Waals surface area (Å²) in [5.74, 6) is 0.493. The molecule has 0 bridgehead atoms. The van der Waals surface area contributed by atoms with E-state index in [0.717, 1.165) is 40.7 Å². The Morgan fingerprint density at radius 2 is 1.46 bits per heavy atom. The maximum Gasteiger partial charge on any atom is 0.207 e. The number of aromatic nitrogens is 3. The molecule has 0 aliphatic heterocycles. The summed E-state index contributed by atoms with van der Waals surface area (Å²) in [4.78, 5) is 22.8. The lowest BCUT2D eigenvalue weighted by Gasteiger charge is -2.26. The normalized spacial score (nSPS) is 10.3. The number of carbonyl (C=O) groups is 1. The minimum atomic E-state index is 0.0779. The molecule has 0 spiro atoms. The van der Waals surface area contributed by atoms with E-state index >= 15 is 0 Å². The number of pyridine rings is 1. The Kier molecular flexibility index (Phi) is 12.4. The average molecular weight is 614 g/mol. The van der Waals surface area contributed by atoms with Crippen molar-refractivity contribution in [1.29, 1.82) is 10.8 Å². The highest BCUT2D eigenvalue weighted by Crippen LogP contribution is 2.22. The first-order chi connectivity index (χ1) is 22.4. The molecule has 0 aliphatic carbocycles. The van der Waals surface area contributed by atoms with Gasteiger partial charge in [0.1, 0.15) is 11.7 Å². The SMILES string of the molecule is CCc1ccc(N(C(=N)CCc2c[nH]c3ccccc23)C(=N)CNC=O)cc1.CCc1ccccn1.Cc1c[nH]c2ccccc12. The van der Waals surface area contributed by atoms with Crippen LogP contribution in [-0.4, -0.2) is 39.6 Å². The summed E-state index contributed by atoms with van der Waals surface area (Å²) >= 11 is 0. The molecule has 3 aromatic heterocycles. The van der Waals surface area contributed by atoms with Crippen molar-refractivity contribution in [2.45, 2.75) is 46.5 Å². The van der Waals surface area contributed by atoms with Gasteiger partial charge >= 0.3 is 0 Å². The fraction of sp³-hybridized carbons (Fsp3) is 0.211. The van der Waals surface area contributed by atoms with Gasteiger partial charge in [0.25, 0.3) is 0 Å². The molecular formula is C38H43N7O. The molecule has 0 aliphatic rings. The lowest BCUT2D eigenvalue weighted by molar-refractivity contribution is -0.109.